The minimum Gasteiger partial charge on any atom is -0.0991 e. The van der Waals surface area contributed by atoms with Crippen molar-refractivity contribution in [2.24, 2.45) is 0 Å². The third-order valence-corrected chi connectivity index (χ3v) is 9.49. The number of aryl methyl sites for hydroxylation is 1. The number of fused-ring (bicyclic) bond motifs is 3. The van der Waals surface area contributed by atoms with Crippen LogP contribution in [0.1, 0.15) is 51.7 Å². The van der Waals surface area contributed by atoms with Gasteiger partial charge in [0.15, 0.2) is 0 Å². The van der Waals surface area contributed by atoms with Gasteiger partial charge in [-0.1, -0.05) is 204 Å². The lowest BCUT2D eigenvalue weighted by Crippen LogP contribution is -1.92. The summed E-state index contributed by atoms with van der Waals surface area (Å²) in [5, 5.41) is 7.58. The van der Waals surface area contributed by atoms with Gasteiger partial charge in [0, 0.05) is 0 Å². The largest absolute Gasteiger partial charge is 0.0991 e. The van der Waals surface area contributed by atoms with Crippen LogP contribution < -0.4 is 0 Å². The molecule has 0 bridgehead atoms. The predicted octanol–water partition coefficient (Wildman–Crippen LogP) is 16.2. The Morgan fingerprint density at radius 2 is 1.09 bits per heavy atom. The van der Waals surface area contributed by atoms with E-state index in [4.69, 9.17) is 0 Å². The molecule has 0 aliphatic heterocycles. The summed E-state index contributed by atoms with van der Waals surface area (Å²) in [4.78, 5) is 0. The molecule has 0 aromatic heterocycles. The molecule has 0 nitrogen and oxygen atoms in total. The van der Waals surface area contributed by atoms with Crippen molar-refractivity contribution in [1.29, 1.82) is 0 Å². The smallest absolute Gasteiger partial charge is 0.00201 e. The minimum absolute atomic E-state index is 1.02. The molecule has 0 atom stereocenters. The molecule has 7 aromatic rings. The minimum atomic E-state index is 1.02. The van der Waals surface area contributed by atoms with Crippen molar-refractivity contribution in [3.63, 3.8) is 0 Å². The van der Waals surface area contributed by atoms with E-state index in [0.717, 1.165) is 5.57 Å². The zero-order valence-electron chi connectivity index (χ0n) is 32.1. The number of hydrogen-bond acceptors (Lipinski definition) is 0. The SMILES string of the molecule is C=C(/C=C\C=C/C)c1cc(-c2ccc3c(-c4c5ccccc5c(-c5ccccc5)c5ccccc45)cccc3c2)ccc1C.C=C/C=C\C.CCCC. The molecule has 0 heterocycles. The molecule has 7 aromatic carbocycles. The molecular formula is C53H52. The highest BCUT2D eigenvalue weighted by Crippen LogP contribution is 2.45. The van der Waals surface area contributed by atoms with Gasteiger partial charge in [-0.3, -0.25) is 0 Å². The first-order valence-electron chi connectivity index (χ1n) is 18.8. The molecule has 0 radical (unpaired) electrons. The first kappa shape index (κ1) is 38.3. The lowest BCUT2D eigenvalue weighted by molar-refractivity contribution is 0.886. The molecule has 0 heteroatoms. The third-order valence-electron chi connectivity index (χ3n) is 9.49. The summed E-state index contributed by atoms with van der Waals surface area (Å²) in [6.07, 6.45) is 16.4. The Labute approximate surface area is 317 Å². The molecule has 0 saturated heterocycles. The quantitative estimate of drug-likeness (QED) is 0.110. The average Bonchev–Trinajstić information content (AvgIpc) is 3.20. The second-order valence-corrected chi connectivity index (χ2v) is 13.2. The Bertz CT molecular complexity index is 2350. The van der Waals surface area contributed by atoms with Crippen molar-refractivity contribution < 1.29 is 0 Å². The maximum absolute atomic E-state index is 4.34. The van der Waals surface area contributed by atoms with Crippen LogP contribution in [-0.2, 0) is 0 Å². The Kier molecular flexibility index (Phi) is 13.7. The van der Waals surface area contributed by atoms with E-state index >= 15 is 0 Å². The summed E-state index contributed by atoms with van der Waals surface area (Å²) in [6, 6.07) is 48.8. The first-order chi connectivity index (χ1) is 26.0. The fourth-order valence-electron chi connectivity index (χ4n) is 6.67. The van der Waals surface area contributed by atoms with Crippen LogP contribution in [0, 0.1) is 6.92 Å². The van der Waals surface area contributed by atoms with Crippen LogP contribution in [0.4, 0.5) is 0 Å². The predicted molar refractivity (Wildman–Crippen MR) is 239 cm³/mol. The van der Waals surface area contributed by atoms with Crippen molar-refractivity contribution in [2.45, 2.75) is 47.5 Å². The van der Waals surface area contributed by atoms with Crippen molar-refractivity contribution >= 4 is 37.9 Å². The van der Waals surface area contributed by atoms with Crippen LogP contribution in [0.15, 0.2) is 189 Å². The molecule has 53 heavy (non-hydrogen) atoms. The summed E-state index contributed by atoms with van der Waals surface area (Å²) >= 11 is 0. The molecule has 7 rings (SSSR count). The first-order valence-corrected chi connectivity index (χ1v) is 18.8. The fourth-order valence-corrected chi connectivity index (χ4v) is 6.67. The van der Waals surface area contributed by atoms with Gasteiger partial charge >= 0.3 is 0 Å². The van der Waals surface area contributed by atoms with Crippen LogP contribution in [-0.4, -0.2) is 0 Å². The van der Waals surface area contributed by atoms with E-state index in [2.05, 4.69) is 173 Å². The van der Waals surface area contributed by atoms with Gasteiger partial charge < -0.3 is 0 Å². The van der Waals surface area contributed by atoms with Crippen LogP contribution in [0.5, 0.6) is 0 Å². The second kappa shape index (κ2) is 19.0. The standard InChI is InChI=1S/C44H34.C5H8.C4H10/c1-4-5-7-15-30(2)42-29-34(25-24-31(42)3)33-26-27-36-35(28-33)18-14-23-37(36)44-40-21-12-10-19-38(40)43(32-16-8-6-9-17-32)39-20-11-13-22-41(39)44;1-3-5-4-2;1-3-4-2/h4-29H,2H2,1,3H3;3-5H,1H2,2H3;3-4H2,1-2H3/b5-4-,15-7-;5-4-;. The van der Waals surface area contributed by atoms with Gasteiger partial charge in [-0.15, -0.1) is 0 Å². The summed E-state index contributed by atoms with van der Waals surface area (Å²) in [5.41, 5.74) is 10.9. The zero-order valence-corrected chi connectivity index (χ0v) is 32.1. The lowest BCUT2D eigenvalue weighted by Gasteiger charge is -2.19. The molecule has 0 aliphatic carbocycles. The highest BCUT2D eigenvalue weighted by atomic mass is 14.2. The average molecular weight is 689 g/mol. The Morgan fingerprint density at radius 1 is 0.528 bits per heavy atom. The Balaban J connectivity index is 0.000000542. The summed E-state index contributed by atoms with van der Waals surface area (Å²) in [6.45, 7) is 18.3. The van der Waals surface area contributed by atoms with Gasteiger partial charge in [0.2, 0.25) is 0 Å². The molecule has 0 aliphatic rings. The van der Waals surface area contributed by atoms with E-state index in [0.29, 0.717) is 0 Å². The number of unbranched alkanes of at least 4 members (excludes halogenated alkanes) is 1. The van der Waals surface area contributed by atoms with Crippen LogP contribution >= 0.6 is 0 Å². The van der Waals surface area contributed by atoms with Crippen molar-refractivity contribution in [2.75, 3.05) is 0 Å². The number of benzene rings is 7. The Morgan fingerprint density at radius 3 is 1.66 bits per heavy atom. The molecule has 0 N–H and O–H groups in total. The van der Waals surface area contributed by atoms with E-state index in [-0.39, 0.29) is 0 Å². The van der Waals surface area contributed by atoms with Gasteiger partial charge in [-0.25, -0.2) is 0 Å². The van der Waals surface area contributed by atoms with Crippen molar-refractivity contribution in [3.8, 4) is 33.4 Å². The zero-order chi connectivity index (χ0) is 37.6. The summed E-state index contributed by atoms with van der Waals surface area (Å²) in [7, 11) is 0. The van der Waals surface area contributed by atoms with Crippen LogP contribution in [0.3, 0.4) is 0 Å². The topological polar surface area (TPSA) is 0 Å². The maximum Gasteiger partial charge on any atom is -0.00201 e. The maximum atomic E-state index is 4.34. The highest BCUT2D eigenvalue weighted by molar-refractivity contribution is 6.23. The third kappa shape index (κ3) is 8.91. The van der Waals surface area contributed by atoms with Gasteiger partial charge in [0.25, 0.3) is 0 Å². The fraction of sp³-hybridized carbons (Fsp3) is 0.132. The summed E-state index contributed by atoms with van der Waals surface area (Å²) < 4.78 is 0. The van der Waals surface area contributed by atoms with Gasteiger partial charge in [-0.2, -0.15) is 0 Å². The van der Waals surface area contributed by atoms with Gasteiger partial charge in [0.1, 0.15) is 0 Å². The molecule has 0 spiro atoms. The molecular weight excluding hydrogens is 637 g/mol. The lowest BCUT2D eigenvalue weighted by atomic mass is 9.84. The van der Waals surface area contributed by atoms with Crippen molar-refractivity contribution in [3.05, 3.63) is 200 Å². The van der Waals surface area contributed by atoms with Gasteiger partial charge in [-0.05, 0) is 115 Å². The highest BCUT2D eigenvalue weighted by Gasteiger charge is 2.18. The second-order valence-electron chi connectivity index (χ2n) is 13.2. The van der Waals surface area contributed by atoms with Gasteiger partial charge in [0.05, 0.1) is 0 Å². The van der Waals surface area contributed by atoms with E-state index in [9.17, 15) is 0 Å². The molecule has 0 unspecified atom stereocenters. The normalized spacial score (nSPS) is 11.2. The molecule has 264 valence electrons. The monoisotopic (exact) mass is 688 g/mol. The molecule has 0 amide bonds. The van der Waals surface area contributed by atoms with Crippen molar-refractivity contribution in [1.82, 2.24) is 0 Å². The van der Waals surface area contributed by atoms with Crippen LogP contribution in [0.2, 0.25) is 0 Å². The van der Waals surface area contributed by atoms with E-state index in [1.165, 1.54) is 89.7 Å². The van der Waals surface area contributed by atoms with E-state index < -0.39 is 0 Å². The van der Waals surface area contributed by atoms with Crippen LogP contribution in [0.25, 0.3) is 71.3 Å². The number of allylic oxidation sites excluding steroid dienone is 8. The number of rotatable bonds is 8. The van der Waals surface area contributed by atoms with E-state index in [1.807, 2.05) is 44.2 Å². The van der Waals surface area contributed by atoms with E-state index in [1.54, 1.807) is 6.08 Å². The number of hydrogen-bond donors (Lipinski definition) is 0. The summed E-state index contributed by atoms with van der Waals surface area (Å²) in [5.74, 6) is 0. The Hall–Kier alpha value is -5.98. The molecule has 0 fully saturated rings. The molecule has 0 saturated carbocycles.